The van der Waals surface area contributed by atoms with Crippen LogP contribution in [0.5, 0.6) is 11.5 Å². The van der Waals surface area contributed by atoms with Crippen molar-refractivity contribution in [3.05, 3.63) is 59.8 Å². The fourth-order valence-corrected chi connectivity index (χ4v) is 4.46. The number of methoxy groups -OCH3 is 1. The van der Waals surface area contributed by atoms with E-state index in [2.05, 4.69) is 55.0 Å². The third-order valence-corrected chi connectivity index (χ3v) is 6.37. The first kappa shape index (κ1) is 28.7. The Labute approximate surface area is 221 Å². The molecule has 2 aromatic carbocycles. The average molecular weight is 520 g/mol. The van der Waals surface area contributed by atoms with Crippen LogP contribution in [0.15, 0.2) is 48.7 Å². The van der Waals surface area contributed by atoms with E-state index in [0.29, 0.717) is 12.6 Å². The van der Waals surface area contributed by atoms with Gasteiger partial charge in [0, 0.05) is 30.1 Å². The Morgan fingerprint density at radius 1 is 1.03 bits per heavy atom. The number of hydrogen-bond acceptors (Lipinski definition) is 6. The molecule has 0 saturated heterocycles. The van der Waals surface area contributed by atoms with E-state index in [4.69, 9.17) is 14.5 Å². The SMILES string of the molecule is CCN(CC)CCOc1cccc(Nc2ncc3c(n2)-c2cc(OC)ccc2C(C)(C)C3)c1.Cl.Cl. The van der Waals surface area contributed by atoms with E-state index < -0.39 is 0 Å². The van der Waals surface area contributed by atoms with E-state index in [1.807, 2.05) is 36.5 Å². The van der Waals surface area contributed by atoms with Gasteiger partial charge in [-0.2, -0.15) is 0 Å². The van der Waals surface area contributed by atoms with Gasteiger partial charge in [-0.25, -0.2) is 9.97 Å². The topological polar surface area (TPSA) is 59.5 Å². The average Bonchev–Trinajstić information content (AvgIpc) is 2.82. The highest BCUT2D eigenvalue weighted by molar-refractivity contribution is 5.85. The second-order valence-corrected chi connectivity index (χ2v) is 9.07. The Hall–Kier alpha value is -2.54. The highest BCUT2D eigenvalue weighted by Crippen LogP contribution is 2.43. The molecular formula is C27H36Cl2N4O2. The largest absolute Gasteiger partial charge is 0.497 e. The minimum absolute atomic E-state index is 0. The van der Waals surface area contributed by atoms with Gasteiger partial charge in [0.2, 0.25) is 5.95 Å². The predicted octanol–water partition coefficient (Wildman–Crippen LogP) is 6.29. The Morgan fingerprint density at radius 2 is 1.80 bits per heavy atom. The third kappa shape index (κ3) is 6.57. The summed E-state index contributed by atoms with van der Waals surface area (Å²) in [6.45, 7) is 12.5. The van der Waals surface area contributed by atoms with Crippen molar-refractivity contribution in [2.24, 2.45) is 0 Å². The zero-order chi connectivity index (χ0) is 23.4. The smallest absolute Gasteiger partial charge is 0.227 e. The minimum atomic E-state index is 0. The second kappa shape index (κ2) is 12.4. The molecule has 0 spiro atoms. The number of hydrogen-bond donors (Lipinski definition) is 1. The summed E-state index contributed by atoms with van der Waals surface area (Å²) < 4.78 is 11.5. The molecule has 1 aliphatic rings. The molecule has 4 rings (SSSR count). The summed E-state index contributed by atoms with van der Waals surface area (Å²) in [5.74, 6) is 2.24. The van der Waals surface area contributed by atoms with Crippen molar-refractivity contribution < 1.29 is 9.47 Å². The standard InChI is InChI=1S/C27H34N4O2.2ClH/c1-6-31(7-2)13-14-33-22-10-8-9-20(15-22)29-26-28-18-19-17-27(3,4)24-12-11-21(32-5)16-23(24)25(19)30-26;;/h8-12,15-16,18H,6-7,13-14,17H2,1-5H3,(H,28,29,30);2*1H. The van der Waals surface area contributed by atoms with Gasteiger partial charge in [0.25, 0.3) is 0 Å². The number of halogens is 2. The van der Waals surface area contributed by atoms with E-state index in [0.717, 1.165) is 60.1 Å². The molecule has 3 aromatic rings. The number of ether oxygens (including phenoxy) is 2. The lowest BCUT2D eigenvalue weighted by molar-refractivity contribution is 0.223. The van der Waals surface area contributed by atoms with Gasteiger partial charge in [-0.3, -0.25) is 0 Å². The normalized spacial score (nSPS) is 13.1. The first-order valence-electron chi connectivity index (χ1n) is 11.7. The van der Waals surface area contributed by atoms with Crippen LogP contribution >= 0.6 is 24.8 Å². The molecule has 0 unspecified atom stereocenters. The van der Waals surface area contributed by atoms with Gasteiger partial charge < -0.3 is 19.7 Å². The molecule has 1 heterocycles. The van der Waals surface area contributed by atoms with Gasteiger partial charge in [-0.05, 0) is 60.3 Å². The first-order chi connectivity index (χ1) is 15.9. The Kier molecular flexibility index (Phi) is 10.2. The third-order valence-electron chi connectivity index (χ3n) is 6.37. The Bertz CT molecular complexity index is 1120. The van der Waals surface area contributed by atoms with E-state index in [1.165, 1.54) is 5.56 Å². The van der Waals surface area contributed by atoms with Crippen molar-refractivity contribution in [3.8, 4) is 22.8 Å². The number of rotatable bonds is 9. The molecule has 6 nitrogen and oxygen atoms in total. The second-order valence-electron chi connectivity index (χ2n) is 9.07. The maximum Gasteiger partial charge on any atom is 0.227 e. The molecule has 0 fully saturated rings. The fourth-order valence-electron chi connectivity index (χ4n) is 4.46. The van der Waals surface area contributed by atoms with Crippen LogP contribution in [0.2, 0.25) is 0 Å². The number of fused-ring (bicyclic) bond motifs is 3. The van der Waals surface area contributed by atoms with E-state index in [1.54, 1.807) is 7.11 Å². The number of benzene rings is 2. The Morgan fingerprint density at radius 3 is 2.51 bits per heavy atom. The minimum Gasteiger partial charge on any atom is -0.497 e. The molecule has 0 amide bonds. The lowest BCUT2D eigenvalue weighted by atomic mass is 9.72. The lowest BCUT2D eigenvalue weighted by Crippen LogP contribution is -2.27. The molecule has 0 aliphatic heterocycles. The maximum absolute atomic E-state index is 5.97. The molecule has 190 valence electrons. The van der Waals surface area contributed by atoms with Crippen LogP contribution in [0.1, 0.15) is 38.8 Å². The van der Waals surface area contributed by atoms with Gasteiger partial charge in [0.1, 0.15) is 18.1 Å². The van der Waals surface area contributed by atoms with Gasteiger partial charge in [-0.1, -0.05) is 39.8 Å². The molecule has 0 atom stereocenters. The van der Waals surface area contributed by atoms with Crippen LogP contribution in [-0.2, 0) is 11.8 Å². The van der Waals surface area contributed by atoms with Crippen LogP contribution in [0, 0.1) is 0 Å². The summed E-state index contributed by atoms with van der Waals surface area (Å²) >= 11 is 0. The van der Waals surface area contributed by atoms with Crippen molar-refractivity contribution in [1.29, 1.82) is 0 Å². The summed E-state index contributed by atoms with van der Waals surface area (Å²) in [6.07, 6.45) is 2.84. The molecule has 0 radical (unpaired) electrons. The van der Waals surface area contributed by atoms with Crippen molar-refractivity contribution in [2.45, 2.75) is 39.5 Å². The van der Waals surface area contributed by atoms with Gasteiger partial charge in [0.05, 0.1) is 12.8 Å². The van der Waals surface area contributed by atoms with Crippen LogP contribution in [0.3, 0.4) is 0 Å². The monoisotopic (exact) mass is 518 g/mol. The molecule has 1 N–H and O–H groups in total. The van der Waals surface area contributed by atoms with Gasteiger partial charge in [-0.15, -0.1) is 24.8 Å². The van der Waals surface area contributed by atoms with Gasteiger partial charge >= 0.3 is 0 Å². The Balaban J connectivity index is 0.00000216. The molecule has 0 saturated carbocycles. The van der Waals surface area contributed by atoms with Crippen molar-refractivity contribution in [2.75, 3.05) is 38.7 Å². The van der Waals surface area contributed by atoms with E-state index >= 15 is 0 Å². The highest BCUT2D eigenvalue weighted by Gasteiger charge is 2.32. The van der Waals surface area contributed by atoms with Crippen molar-refractivity contribution in [1.82, 2.24) is 14.9 Å². The molecular weight excluding hydrogens is 483 g/mol. The molecule has 1 aromatic heterocycles. The number of nitrogens with zero attached hydrogens (tertiary/aromatic N) is 3. The summed E-state index contributed by atoms with van der Waals surface area (Å²) in [7, 11) is 1.70. The van der Waals surface area contributed by atoms with E-state index in [9.17, 15) is 0 Å². The molecule has 1 aliphatic carbocycles. The fraction of sp³-hybridized carbons (Fsp3) is 0.407. The summed E-state index contributed by atoms with van der Waals surface area (Å²) in [5, 5.41) is 3.35. The summed E-state index contributed by atoms with van der Waals surface area (Å²) in [5.41, 5.74) is 5.43. The summed E-state index contributed by atoms with van der Waals surface area (Å²) in [4.78, 5) is 11.9. The van der Waals surface area contributed by atoms with Gasteiger partial charge in [0.15, 0.2) is 0 Å². The van der Waals surface area contributed by atoms with Crippen molar-refractivity contribution in [3.63, 3.8) is 0 Å². The lowest BCUT2D eigenvalue weighted by Gasteiger charge is -2.33. The van der Waals surface area contributed by atoms with Crippen LogP contribution in [-0.4, -0.2) is 48.2 Å². The maximum atomic E-state index is 5.97. The number of aromatic nitrogens is 2. The quantitative estimate of drug-likeness (QED) is 0.358. The number of anilines is 2. The molecule has 35 heavy (non-hydrogen) atoms. The number of likely N-dealkylation sites (N-methyl/N-ethyl adjacent to an activating group) is 1. The van der Waals surface area contributed by atoms with E-state index in [-0.39, 0.29) is 30.2 Å². The highest BCUT2D eigenvalue weighted by atomic mass is 35.5. The molecule has 0 bridgehead atoms. The zero-order valence-electron chi connectivity index (χ0n) is 21.1. The van der Waals surface area contributed by atoms with Crippen molar-refractivity contribution >= 4 is 36.4 Å². The summed E-state index contributed by atoms with van der Waals surface area (Å²) in [6, 6.07) is 14.2. The first-order valence-corrected chi connectivity index (χ1v) is 11.7. The zero-order valence-corrected chi connectivity index (χ0v) is 22.8. The number of nitrogens with one attached hydrogen (secondary N) is 1. The van der Waals surface area contributed by atoms with Crippen LogP contribution < -0.4 is 14.8 Å². The predicted molar refractivity (Wildman–Crippen MR) is 148 cm³/mol. The van der Waals surface area contributed by atoms with Crippen LogP contribution in [0.25, 0.3) is 11.3 Å². The molecule has 8 heteroatoms. The van der Waals surface area contributed by atoms with Crippen LogP contribution in [0.4, 0.5) is 11.6 Å².